The van der Waals surface area contributed by atoms with Crippen LogP contribution in [0.5, 0.6) is 0 Å². The van der Waals surface area contributed by atoms with Gasteiger partial charge in [-0.15, -0.1) is 11.3 Å². The Hall–Kier alpha value is -2.25. The molecule has 0 unspecified atom stereocenters. The highest BCUT2D eigenvalue weighted by atomic mass is 35.5. The van der Waals surface area contributed by atoms with Gasteiger partial charge in [0.2, 0.25) is 5.91 Å². The molecule has 220 valence electrons. The van der Waals surface area contributed by atoms with Crippen LogP contribution in [-0.4, -0.2) is 101 Å². The lowest BCUT2D eigenvalue weighted by Gasteiger charge is -2.44. The fourth-order valence-corrected chi connectivity index (χ4v) is 6.68. The van der Waals surface area contributed by atoms with Gasteiger partial charge in [-0.1, -0.05) is 41.4 Å². The SMILES string of the molecule is CN(C)C(=O)[C@@H](Cc1ccccc1Cl)CN1CCC2(CC1)OCCc1cc(Cl)sc12.O=C(O)[C@H](O)[C@@H](O)C(=O)O. The zero-order chi connectivity index (χ0) is 29.6. The molecule has 2 aliphatic heterocycles. The lowest BCUT2D eigenvalue weighted by molar-refractivity contribution is -0.165. The lowest BCUT2D eigenvalue weighted by Crippen LogP contribution is -2.48. The summed E-state index contributed by atoms with van der Waals surface area (Å²) in [5.41, 5.74) is 2.18. The van der Waals surface area contributed by atoms with E-state index in [0.717, 1.165) is 60.4 Å². The van der Waals surface area contributed by atoms with Crippen molar-refractivity contribution in [2.24, 2.45) is 5.92 Å². The minimum absolute atomic E-state index is 0.118. The predicted octanol–water partition coefficient (Wildman–Crippen LogP) is 2.74. The summed E-state index contributed by atoms with van der Waals surface area (Å²) in [7, 11) is 3.65. The number of rotatable bonds is 8. The number of aliphatic carboxylic acids is 2. The van der Waals surface area contributed by atoms with Gasteiger partial charge in [0.1, 0.15) is 5.60 Å². The van der Waals surface area contributed by atoms with Crippen molar-refractivity contribution in [1.82, 2.24) is 9.80 Å². The van der Waals surface area contributed by atoms with E-state index in [1.807, 2.05) is 38.4 Å². The van der Waals surface area contributed by atoms with Crippen LogP contribution in [-0.2, 0) is 37.6 Å². The minimum Gasteiger partial charge on any atom is -0.479 e. The smallest absolute Gasteiger partial charge is 0.335 e. The van der Waals surface area contributed by atoms with Gasteiger partial charge >= 0.3 is 11.9 Å². The molecule has 0 radical (unpaired) electrons. The van der Waals surface area contributed by atoms with E-state index in [9.17, 15) is 14.4 Å². The van der Waals surface area contributed by atoms with Crippen LogP contribution < -0.4 is 0 Å². The molecule has 4 rings (SSSR count). The first-order chi connectivity index (χ1) is 18.8. The Labute approximate surface area is 246 Å². The molecule has 3 heterocycles. The number of nitrogens with zero attached hydrogens (tertiary/aromatic N) is 2. The number of hydrogen-bond donors (Lipinski definition) is 4. The van der Waals surface area contributed by atoms with Gasteiger partial charge in [-0.05, 0) is 48.9 Å². The normalized spacial score (nSPS) is 18.6. The van der Waals surface area contributed by atoms with Crippen molar-refractivity contribution in [1.29, 1.82) is 0 Å². The topological polar surface area (TPSA) is 148 Å². The van der Waals surface area contributed by atoms with Gasteiger partial charge in [-0.3, -0.25) is 4.79 Å². The third-order valence-corrected chi connectivity index (χ3v) is 8.96. The standard InChI is InChI=1S/C23H28Cl2N2O2S.C4H6O6/c1-26(2)22(28)18(13-16-5-3-4-6-19(16)24)15-27-10-8-23(9-11-27)21-17(7-12-29-23)14-20(25)30-21;5-1(3(7)8)2(6)4(9)10/h3-6,14,18H,7-13,15H2,1-2H3;1-2,5-6H,(H,7,8)(H,9,10)/t18-;1-,2-/m01/s1. The van der Waals surface area contributed by atoms with E-state index in [-0.39, 0.29) is 17.4 Å². The van der Waals surface area contributed by atoms with Crippen LogP contribution in [0.15, 0.2) is 30.3 Å². The number of amides is 1. The molecule has 1 aromatic heterocycles. The number of hydrogen-bond acceptors (Lipinski definition) is 8. The van der Waals surface area contributed by atoms with Crippen LogP contribution in [0.4, 0.5) is 0 Å². The van der Waals surface area contributed by atoms with E-state index in [1.165, 1.54) is 10.4 Å². The summed E-state index contributed by atoms with van der Waals surface area (Å²) in [4.78, 5) is 37.9. The van der Waals surface area contributed by atoms with Crippen molar-refractivity contribution in [3.05, 3.63) is 55.7 Å². The van der Waals surface area contributed by atoms with Crippen molar-refractivity contribution in [3.63, 3.8) is 0 Å². The van der Waals surface area contributed by atoms with E-state index in [1.54, 1.807) is 16.2 Å². The molecule has 1 fully saturated rings. The maximum absolute atomic E-state index is 12.9. The molecule has 3 atom stereocenters. The fraction of sp³-hybridized carbons (Fsp3) is 0.519. The van der Waals surface area contributed by atoms with Gasteiger partial charge in [-0.25, -0.2) is 9.59 Å². The Morgan fingerprint density at radius 3 is 2.23 bits per heavy atom. The molecule has 4 N–H and O–H groups in total. The summed E-state index contributed by atoms with van der Waals surface area (Å²) < 4.78 is 7.18. The van der Waals surface area contributed by atoms with Gasteiger partial charge in [0.15, 0.2) is 12.2 Å². The average molecular weight is 618 g/mol. The minimum atomic E-state index is -2.27. The molecule has 40 heavy (non-hydrogen) atoms. The van der Waals surface area contributed by atoms with Gasteiger partial charge in [-0.2, -0.15) is 0 Å². The summed E-state index contributed by atoms with van der Waals surface area (Å²) in [5.74, 6) is -3.51. The van der Waals surface area contributed by atoms with Crippen LogP contribution in [0, 0.1) is 5.92 Å². The number of halogens is 2. The van der Waals surface area contributed by atoms with E-state index < -0.39 is 24.1 Å². The second kappa shape index (κ2) is 14.1. The van der Waals surface area contributed by atoms with Crippen LogP contribution in [0.25, 0.3) is 0 Å². The number of carbonyl (C=O) groups excluding carboxylic acids is 1. The summed E-state index contributed by atoms with van der Waals surface area (Å²) in [5, 5.41) is 33.3. The molecular weight excluding hydrogens is 583 g/mol. The average Bonchev–Trinajstić information content (AvgIpc) is 3.31. The molecule has 1 spiro atoms. The van der Waals surface area contributed by atoms with E-state index >= 15 is 0 Å². The van der Waals surface area contributed by atoms with E-state index in [2.05, 4.69) is 11.0 Å². The van der Waals surface area contributed by atoms with Crippen molar-refractivity contribution in [2.75, 3.05) is 40.3 Å². The summed E-state index contributed by atoms with van der Waals surface area (Å²) in [6.45, 7) is 3.31. The van der Waals surface area contributed by atoms with Gasteiger partial charge in [0, 0.05) is 43.6 Å². The monoisotopic (exact) mass is 616 g/mol. The quantitative estimate of drug-likeness (QED) is 0.351. The molecule has 2 aliphatic rings. The molecule has 0 saturated carbocycles. The van der Waals surface area contributed by atoms with Gasteiger partial charge in [0.25, 0.3) is 0 Å². The molecule has 13 heteroatoms. The Morgan fingerprint density at radius 1 is 1.07 bits per heavy atom. The van der Waals surface area contributed by atoms with Crippen molar-refractivity contribution < 1.29 is 39.5 Å². The van der Waals surface area contributed by atoms with Crippen molar-refractivity contribution in [3.8, 4) is 0 Å². The maximum Gasteiger partial charge on any atom is 0.335 e. The van der Waals surface area contributed by atoms with Crippen LogP contribution in [0.3, 0.4) is 0 Å². The third kappa shape index (κ3) is 7.94. The molecule has 0 aliphatic carbocycles. The highest BCUT2D eigenvalue weighted by molar-refractivity contribution is 7.16. The second-order valence-electron chi connectivity index (χ2n) is 10.1. The molecule has 1 saturated heterocycles. The van der Waals surface area contributed by atoms with Gasteiger partial charge < -0.3 is 35.0 Å². The summed E-state index contributed by atoms with van der Waals surface area (Å²) >= 11 is 14.4. The first-order valence-corrected chi connectivity index (χ1v) is 14.3. The Balaban J connectivity index is 0.000000378. The molecule has 10 nitrogen and oxygen atoms in total. The number of piperidine rings is 1. The lowest BCUT2D eigenvalue weighted by atomic mass is 9.85. The largest absolute Gasteiger partial charge is 0.479 e. The molecule has 2 aromatic rings. The summed E-state index contributed by atoms with van der Waals surface area (Å²) in [6.07, 6.45) is -1.06. The third-order valence-electron chi connectivity index (χ3n) is 7.10. The molecule has 0 bridgehead atoms. The molecule has 1 aromatic carbocycles. The van der Waals surface area contributed by atoms with E-state index in [4.69, 9.17) is 48.4 Å². The first kappa shape index (κ1) is 32.3. The maximum atomic E-state index is 12.9. The number of likely N-dealkylation sites (tertiary alicyclic amines) is 1. The summed E-state index contributed by atoms with van der Waals surface area (Å²) in [6, 6.07) is 9.92. The zero-order valence-corrected chi connectivity index (χ0v) is 24.6. The number of aliphatic hydroxyl groups excluding tert-OH is 2. The number of carboxylic acid groups (broad SMARTS) is 2. The second-order valence-corrected chi connectivity index (χ2v) is 12.2. The number of carboxylic acids is 2. The van der Waals surface area contributed by atoms with Crippen LogP contribution in [0.1, 0.15) is 28.8 Å². The molecular formula is C27H34Cl2N2O8S. The first-order valence-electron chi connectivity index (χ1n) is 12.8. The number of carbonyl (C=O) groups is 3. The van der Waals surface area contributed by atoms with Crippen molar-refractivity contribution >= 4 is 52.4 Å². The number of thiophene rings is 1. The van der Waals surface area contributed by atoms with E-state index in [0.29, 0.717) is 6.42 Å². The number of benzene rings is 1. The number of aliphatic hydroxyl groups is 2. The fourth-order valence-electron chi connectivity index (χ4n) is 4.96. The Morgan fingerprint density at radius 2 is 1.68 bits per heavy atom. The Bertz CT molecular complexity index is 1180. The zero-order valence-electron chi connectivity index (χ0n) is 22.3. The number of ether oxygens (including phenoxy) is 1. The van der Waals surface area contributed by atoms with Gasteiger partial charge in [0.05, 0.1) is 16.9 Å². The van der Waals surface area contributed by atoms with Crippen LogP contribution >= 0.6 is 34.5 Å². The van der Waals surface area contributed by atoms with Crippen molar-refractivity contribution in [2.45, 2.75) is 43.5 Å². The highest BCUT2D eigenvalue weighted by Gasteiger charge is 2.43. The Kier molecular flexibility index (Phi) is 11.4. The highest BCUT2D eigenvalue weighted by Crippen LogP contribution is 2.46. The predicted molar refractivity (Wildman–Crippen MR) is 151 cm³/mol. The number of fused-ring (bicyclic) bond motifs is 2. The molecule has 1 amide bonds. The van der Waals surface area contributed by atoms with Crippen LogP contribution in [0.2, 0.25) is 9.36 Å².